The average molecular weight is 279 g/mol. The minimum absolute atomic E-state index is 0. The van der Waals surface area contributed by atoms with Crippen molar-refractivity contribution in [3.05, 3.63) is 17.5 Å². The van der Waals surface area contributed by atoms with Crippen molar-refractivity contribution >= 4 is 30.8 Å². The van der Waals surface area contributed by atoms with Gasteiger partial charge in [0.05, 0.1) is 0 Å². The van der Waals surface area contributed by atoms with Gasteiger partial charge in [-0.05, 0) is 32.8 Å². The van der Waals surface area contributed by atoms with Gasteiger partial charge in [-0.25, -0.2) is 9.97 Å². The van der Waals surface area contributed by atoms with E-state index in [1.807, 2.05) is 19.9 Å². The molecule has 6 heteroatoms. The highest BCUT2D eigenvalue weighted by atomic mass is 35.5. The van der Waals surface area contributed by atoms with Crippen molar-refractivity contribution in [2.75, 3.05) is 18.0 Å². The molecule has 0 spiro atoms. The molecule has 98 valence electrons. The van der Waals surface area contributed by atoms with Gasteiger partial charge in [0.25, 0.3) is 0 Å². The Labute approximate surface area is 115 Å². The highest BCUT2D eigenvalue weighted by Gasteiger charge is 2.18. The Morgan fingerprint density at radius 2 is 1.59 bits per heavy atom. The molecule has 0 amide bonds. The summed E-state index contributed by atoms with van der Waals surface area (Å²) in [6.07, 6.45) is 2.08. The first-order valence-corrected chi connectivity index (χ1v) is 5.48. The van der Waals surface area contributed by atoms with E-state index in [9.17, 15) is 0 Å². The Hall–Kier alpha value is -0.580. The van der Waals surface area contributed by atoms with Gasteiger partial charge in [-0.15, -0.1) is 24.8 Å². The number of piperidine rings is 1. The van der Waals surface area contributed by atoms with E-state index in [1.54, 1.807) is 0 Å². The van der Waals surface area contributed by atoms with Crippen LogP contribution in [0.5, 0.6) is 0 Å². The van der Waals surface area contributed by atoms with E-state index in [1.165, 1.54) is 0 Å². The molecule has 0 aromatic carbocycles. The normalized spacial score (nSPS) is 16.1. The number of aromatic nitrogens is 2. The molecular weight excluding hydrogens is 259 g/mol. The molecule has 0 atom stereocenters. The smallest absolute Gasteiger partial charge is 0.225 e. The van der Waals surface area contributed by atoms with Crippen molar-refractivity contribution in [3.63, 3.8) is 0 Å². The average Bonchev–Trinajstić information content (AvgIpc) is 2.17. The molecular formula is C11H20Cl2N4. The molecule has 0 bridgehead atoms. The first-order chi connectivity index (χ1) is 7.15. The standard InChI is InChI=1S/C11H18N4.2ClH/c1-8-7-9(2)14-11(13-8)15-5-3-10(12)4-6-15;;/h7,10H,3-6,12H2,1-2H3;2*1H. The van der Waals surface area contributed by atoms with E-state index < -0.39 is 0 Å². The second-order valence-corrected chi connectivity index (χ2v) is 4.28. The fraction of sp³-hybridized carbons (Fsp3) is 0.636. The summed E-state index contributed by atoms with van der Waals surface area (Å²) < 4.78 is 0. The maximum Gasteiger partial charge on any atom is 0.225 e. The minimum Gasteiger partial charge on any atom is -0.341 e. The summed E-state index contributed by atoms with van der Waals surface area (Å²) in [6, 6.07) is 2.35. The number of rotatable bonds is 1. The number of nitrogens with zero attached hydrogens (tertiary/aromatic N) is 3. The van der Waals surface area contributed by atoms with E-state index in [0.29, 0.717) is 6.04 Å². The SMILES string of the molecule is Cc1cc(C)nc(N2CCC(N)CC2)n1.Cl.Cl. The first kappa shape index (κ1) is 16.4. The van der Waals surface area contributed by atoms with Crippen LogP contribution in [0.2, 0.25) is 0 Å². The summed E-state index contributed by atoms with van der Waals surface area (Å²) in [5, 5.41) is 0. The third kappa shape index (κ3) is 4.30. The van der Waals surface area contributed by atoms with E-state index in [-0.39, 0.29) is 24.8 Å². The second kappa shape index (κ2) is 6.99. The lowest BCUT2D eigenvalue weighted by Crippen LogP contribution is -2.40. The Bertz CT molecular complexity index is 331. The number of anilines is 1. The summed E-state index contributed by atoms with van der Waals surface area (Å²) >= 11 is 0. The fourth-order valence-corrected chi connectivity index (χ4v) is 1.95. The van der Waals surface area contributed by atoms with Crippen molar-refractivity contribution in [1.29, 1.82) is 0 Å². The van der Waals surface area contributed by atoms with Crippen LogP contribution in [0.1, 0.15) is 24.2 Å². The molecule has 0 radical (unpaired) electrons. The summed E-state index contributed by atoms with van der Waals surface area (Å²) in [6.45, 7) is 5.97. The molecule has 2 heterocycles. The van der Waals surface area contributed by atoms with Gasteiger partial charge >= 0.3 is 0 Å². The van der Waals surface area contributed by atoms with Crippen LogP contribution in [-0.2, 0) is 0 Å². The second-order valence-electron chi connectivity index (χ2n) is 4.28. The zero-order chi connectivity index (χ0) is 10.8. The van der Waals surface area contributed by atoms with Crippen molar-refractivity contribution in [3.8, 4) is 0 Å². The summed E-state index contributed by atoms with van der Waals surface area (Å²) in [5.74, 6) is 0.861. The molecule has 0 aliphatic carbocycles. The molecule has 2 rings (SSSR count). The Morgan fingerprint density at radius 3 is 2.06 bits per heavy atom. The van der Waals surface area contributed by atoms with E-state index >= 15 is 0 Å². The highest BCUT2D eigenvalue weighted by Crippen LogP contribution is 2.15. The van der Waals surface area contributed by atoms with E-state index in [4.69, 9.17) is 5.73 Å². The van der Waals surface area contributed by atoms with Crippen LogP contribution in [0.15, 0.2) is 6.07 Å². The van der Waals surface area contributed by atoms with Gasteiger partial charge < -0.3 is 10.6 Å². The van der Waals surface area contributed by atoms with Crippen molar-refractivity contribution in [1.82, 2.24) is 9.97 Å². The Balaban J connectivity index is 0.00000128. The molecule has 2 N–H and O–H groups in total. The van der Waals surface area contributed by atoms with Crippen molar-refractivity contribution in [2.24, 2.45) is 5.73 Å². The Morgan fingerprint density at radius 1 is 1.12 bits per heavy atom. The maximum absolute atomic E-state index is 5.87. The lowest BCUT2D eigenvalue weighted by Gasteiger charge is -2.30. The molecule has 1 aliphatic rings. The van der Waals surface area contributed by atoms with Crippen LogP contribution >= 0.6 is 24.8 Å². The molecule has 1 aromatic heterocycles. The van der Waals surface area contributed by atoms with Crippen LogP contribution in [-0.4, -0.2) is 29.1 Å². The largest absolute Gasteiger partial charge is 0.341 e. The van der Waals surface area contributed by atoms with Gasteiger partial charge in [-0.2, -0.15) is 0 Å². The first-order valence-electron chi connectivity index (χ1n) is 5.48. The predicted octanol–water partition coefficient (Wildman–Crippen LogP) is 1.86. The number of halogens is 2. The van der Waals surface area contributed by atoms with Crippen LogP contribution in [0.4, 0.5) is 5.95 Å². The molecule has 4 nitrogen and oxygen atoms in total. The summed E-state index contributed by atoms with van der Waals surface area (Å²) in [7, 11) is 0. The summed E-state index contributed by atoms with van der Waals surface area (Å²) in [5.41, 5.74) is 7.94. The van der Waals surface area contributed by atoms with E-state index in [2.05, 4.69) is 14.9 Å². The van der Waals surface area contributed by atoms with Gasteiger partial charge in [-0.1, -0.05) is 0 Å². The Kier molecular flexibility index (Phi) is 6.75. The van der Waals surface area contributed by atoms with Gasteiger partial charge in [0.2, 0.25) is 5.95 Å². The van der Waals surface area contributed by atoms with Crippen LogP contribution in [0.25, 0.3) is 0 Å². The lowest BCUT2D eigenvalue weighted by molar-refractivity contribution is 0.495. The number of hydrogen-bond acceptors (Lipinski definition) is 4. The predicted molar refractivity (Wildman–Crippen MR) is 75.4 cm³/mol. The molecule has 0 saturated carbocycles. The quantitative estimate of drug-likeness (QED) is 0.852. The number of hydrogen-bond donors (Lipinski definition) is 1. The zero-order valence-corrected chi connectivity index (χ0v) is 11.9. The molecule has 0 unspecified atom stereocenters. The van der Waals surface area contributed by atoms with Crippen LogP contribution < -0.4 is 10.6 Å². The van der Waals surface area contributed by atoms with E-state index in [0.717, 1.165) is 43.3 Å². The van der Waals surface area contributed by atoms with Gasteiger partial charge in [0, 0.05) is 30.5 Å². The maximum atomic E-state index is 5.87. The van der Waals surface area contributed by atoms with Crippen LogP contribution in [0, 0.1) is 13.8 Å². The third-order valence-electron chi connectivity index (χ3n) is 2.79. The monoisotopic (exact) mass is 278 g/mol. The minimum atomic E-state index is 0. The van der Waals surface area contributed by atoms with Crippen molar-refractivity contribution < 1.29 is 0 Å². The van der Waals surface area contributed by atoms with Gasteiger partial charge in [0.1, 0.15) is 0 Å². The molecule has 1 saturated heterocycles. The molecule has 17 heavy (non-hydrogen) atoms. The zero-order valence-electron chi connectivity index (χ0n) is 10.2. The summed E-state index contributed by atoms with van der Waals surface area (Å²) in [4.78, 5) is 11.1. The molecule has 1 fully saturated rings. The molecule has 1 aromatic rings. The lowest BCUT2D eigenvalue weighted by atomic mass is 10.1. The number of aryl methyl sites for hydroxylation is 2. The fourth-order valence-electron chi connectivity index (χ4n) is 1.95. The van der Waals surface area contributed by atoms with Crippen LogP contribution in [0.3, 0.4) is 0 Å². The third-order valence-corrected chi connectivity index (χ3v) is 2.79. The molecule has 1 aliphatic heterocycles. The van der Waals surface area contributed by atoms with Gasteiger partial charge in [-0.3, -0.25) is 0 Å². The number of nitrogens with two attached hydrogens (primary N) is 1. The highest BCUT2D eigenvalue weighted by molar-refractivity contribution is 5.85. The van der Waals surface area contributed by atoms with Crippen molar-refractivity contribution in [2.45, 2.75) is 32.7 Å². The topological polar surface area (TPSA) is 55.0 Å². The van der Waals surface area contributed by atoms with Gasteiger partial charge in [0.15, 0.2) is 0 Å².